The zero-order valence-corrected chi connectivity index (χ0v) is 9.00. The molecule has 2 aliphatic carbocycles. The maximum absolute atomic E-state index is 8.94. The summed E-state index contributed by atoms with van der Waals surface area (Å²) in [6.07, 6.45) is 8.57. The quantitative estimate of drug-likeness (QED) is 0.563. The minimum atomic E-state index is 0.409. The predicted molar refractivity (Wildman–Crippen MR) is 57.6 cm³/mol. The normalized spacial score (nSPS) is 29.9. The molecule has 0 N–H and O–H groups in total. The summed E-state index contributed by atoms with van der Waals surface area (Å²) in [5, 5.41) is 17.9. The van der Waals surface area contributed by atoms with Gasteiger partial charge in [0.15, 0.2) is 0 Å². The summed E-state index contributed by atoms with van der Waals surface area (Å²) in [6.45, 7) is 0. The van der Waals surface area contributed by atoms with Gasteiger partial charge >= 0.3 is 0 Å². The number of hydrogen-bond donors (Lipinski definition) is 0. The molecule has 78 valence electrons. The van der Waals surface area contributed by atoms with Gasteiger partial charge in [-0.25, -0.2) is 0 Å². The van der Waals surface area contributed by atoms with E-state index in [4.69, 9.17) is 10.5 Å². The van der Waals surface area contributed by atoms with Gasteiger partial charge in [-0.05, 0) is 49.5 Å². The van der Waals surface area contributed by atoms with Gasteiger partial charge in [-0.3, -0.25) is 0 Å². The highest BCUT2D eigenvalue weighted by atomic mass is 14.4. The molecule has 0 saturated heterocycles. The average molecular weight is 200 g/mol. The standard InChI is InChI=1S/C13H16N2/c14-8-11(9-15)13-7-3-5-10-4-1-2-6-12(10)13/h10,12H,1-7H2/t10-,12+/m0/s1. The van der Waals surface area contributed by atoms with Crippen LogP contribution >= 0.6 is 0 Å². The number of nitrogens with zero attached hydrogens (tertiary/aromatic N) is 2. The molecular weight excluding hydrogens is 184 g/mol. The van der Waals surface area contributed by atoms with Crippen LogP contribution in [0.15, 0.2) is 11.1 Å². The highest BCUT2D eigenvalue weighted by molar-refractivity contribution is 5.42. The van der Waals surface area contributed by atoms with Crippen molar-refractivity contribution in [1.29, 1.82) is 10.5 Å². The molecular formula is C13H16N2. The molecule has 0 unspecified atom stereocenters. The van der Waals surface area contributed by atoms with E-state index < -0.39 is 0 Å². The van der Waals surface area contributed by atoms with E-state index in [0.29, 0.717) is 11.5 Å². The molecule has 2 nitrogen and oxygen atoms in total. The van der Waals surface area contributed by atoms with Crippen molar-refractivity contribution in [2.75, 3.05) is 0 Å². The summed E-state index contributed by atoms with van der Waals surface area (Å²) < 4.78 is 0. The first kappa shape index (κ1) is 10.2. The monoisotopic (exact) mass is 200 g/mol. The summed E-state index contributed by atoms with van der Waals surface area (Å²) in [7, 11) is 0. The van der Waals surface area contributed by atoms with Gasteiger partial charge in [0.05, 0.1) is 0 Å². The zero-order valence-electron chi connectivity index (χ0n) is 9.00. The Bertz CT molecular complexity index is 336. The van der Waals surface area contributed by atoms with Gasteiger partial charge in [-0.2, -0.15) is 10.5 Å². The van der Waals surface area contributed by atoms with Gasteiger partial charge in [-0.15, -0.1) is 0 Å². The summed E-state index contributed by atoms with van der Waals surface area (Å²) in [6, 6.07) is 4.15. The number of fused-ring (bicyclic) bond motifs is 1. The van der Waals surface area contributed by atoms with E-state index in [-0.39, 0.29) is 0 Å². The summed E-state index contributed by atoms with van der Waals surface area (Å²) in [5.41, 5.74) is 1.59. The molecule has 0 aromatic heterocycles. The van der Waals surface area contributed by atoms with Gasteiger partial charge in [0.2, 0.25) is 0 Å². The van der Waals surface area contributed by atoms with E-state index in [1.54, 1.807) is 0 Å². The van der Waals surface area contributed by atoms with Crippen LogP contribution < -0.4 is 0 Å². The van der Waals surface area contributed by atoms with E-state index in [9.17, 15) is 0 Å². The second-order valence-electron chi connectivity index (χ2n) is 4.67. The fourth-order valence-electron chi connectivity index (χ4n) is 3.23. The fraction of sp³-hybridized carbons (Fsp3) is 0.692. The first-order valence-corrected chi connectivity index (χ1v) is 5.90. The van der Waals surface area contributed by atoms with Crippen molar-refractivity contribution in [2.45, 2.75) is 44.9 Å². The molecule has 0 heterocycles. The number of hydrogen-bond acceptors (Lipinski definition) is 2. The van der Waals surface area contributed by atoms with E-state index in [0.717, 1.165) is 12.3 Å². The first-order chi connectivity index (χ1) is 7.36. The zero-order chi connectivity index (χ0) is 10.7. The molecule has 0 aromatic rings. The minimum Gasteiger partial charge on any atom is -0.192 e. The van der Waals surface area contributed by atoms with Crippen molar-refractivity contribution in [1.82, 2.24) is 0 Å². The van der Waals surface area contributed by atoms with Crippen molar-refractivity contribution < 1.29 is 0 Å². The molecule has 0 aliphatic heterocycles. The Kier molecular flexibility index (Phi) is 3.07. The number of allylic oxidation sites excluding steroid dienone is 2. The van der Waals surface area contributed by atoms with E-state index >= 15 is 0 Å². The number of rotatable bonds is 0. The van der Waals surface area contributed by atoms with Crippen LogP contribution in [-0.2, 0) is 0 Å². The largest absolute Gasteiger partial charge is 0.192 e. The molecule has 2 atom stereocenters. The molecule has 2 saturated carbocycles. The second kappa shape index (κ2) is 4.49. The van der Waals surface area contributed by atoms with E-state index in [2.05, 4.69) is 12.1 Å². The molecule has 2 rings (SSSR count). The lowest BCUT2D eigenvalue weighted by Gasteiger charge is -2.37. The third-order valence-electron chi connectivity index (χ3n) is 3.92. The van der Waals surface area contributed by atoms with Crippen molar-refractivity contribution in [2.24, 2.45) is 11.8 Å². The number of nitriles is 2. The molecule has 0 radical (unpaired) electrons. The average Bonchev–Trinajstić information content (AvgIpc) is 2.31. The maximum Gasteiger partial charge on any atom is 0.129 e. The molecule has 2 heteroatoms. The van der Waals surface area contributed by atoms with Crippen molar-refractivity contribution in [3.05, 3.63) is 11.1 Å². The van der Waals surface area contributed by atoms with Crippen LogP contribution in [0.2, 0.25) is 0 Å². The lowest BCUT2D eigenvalue weighted by Crippen LogP contribution is -2.26. The molecule has 0 bridgehead atoms. The van der Waals surface area contributed by atoms with Gasteiger partial charge in [-0.1, -0.05) is 12.8 Å². The Morgan fingerprint density at radius 2 is 1.67 bits per heavy atom. The summed E-state index contributed by atoms with van der Waals surface area (Å²) >= 11 is 0. The Hall–Kier alpha value is -1.28. The molecule has 2 aliphatic rings. The van der Waals surface area contributed by atoms with Gasteiger partial charge in [0.25, 0.3) is 0 Å². The molecule has 0 aromatic carbocycles. The molecule has 15 heavy (non-hydrogen) atoms. The van der Waals surface area contributed by atoms with E-state index in [1.165, 1.54) is 44.1 Å². The van der Waals surface area contributed by atoms with Gasteiger partial charge in [0, 0.05) is 0 Å². The van der Waals surface area contributed by atoms with Crippen LogP contribution in [0, 0.1) is 34.5 Å². The maximum atomic E-state index is 8.94. The van der Waals surface area contributed by atoms with Crippen LogP contribution in [0.4, 0.5) is 0 Å². The Morgan fingerprint density at radius 3 is 2.40 bits per heavy atom. The third-order valence-corrected chi connectivity index (χ3v) is 3.92. The van der Waals surface area contributed by atoms with Gasteiger partial charge in [0.1, 0.15) is 17.7 Å². The van der Waals surface area contributed by atoms with Crippen LogP contribution in [0.3, 0.4) is 0 Å². The summed E-state index contributed by atoms with van der Waals surface area (Å²) in [5.74, 6) is 1.32. The van der Waals surface area contributed by atoms with E-state index in [1.807, 2.05) is 0 Å². The smallest absolute Gasteiger partial charge is 0.129 e. The fourth-order valence-corrected chi connectivity index (χ4v) is 3.23. The Morgan fingerprint density at radius 1 is 1.00 bits per heavy atom. The van der Waals surface area contributed by atoms with Crippen molar-refractivity contribution in [3.8, 4) is 12.1 Å². The predicted octanol–water partition coefficient (Wildman–Crippen LogP) is 3.32. The molecule has 2 fully saturated rings. The topological polar surface area (TPSA) is 47.6 Å². The molecule has 0 spiro atoms. The first-order valence-electron chi connectivity index (χ1n) is 5.90. The van der Waals surface area contributed by atoms with Crippen LogP contribution in [-0.4, -0.2) is 0 Å². The highest BCUT2D eigenvalue weighted by Gasteiger charge is 2.32. The Balaban J connectivity index is 2.29. The third kappa shape index (κ3) is 1.90. The van der Waals surface area contributed by atoms with Crippen LogP contribution in [0.5, 0.6) is 0 Å². The summed E-state index contributed by atoms with van der Waals surface area (Å²) in [4.78, 5) is 0. The van der Waals surface area contributed by atoms with Crippen molar-refractivity contribution in [3.63, 3.8) is 0 Å². The van der Waals surface area contributed by atoms with Crippen molar-refractivity contribution >= 4 is 0 Å². The lowest BCUT2D eigenvalue weighted by atomic mass is 9.67. The second-order valence-corrected chi connectivity index (χ2v) is 4.67. The van der Waals surface area contributed by atoms with Gasteiger partial charge < -0.3 is 0 Å². The molecule has 0 amide bonds. The lowest BCUT2D eigenvalue weighted by molar-refractivity contribution is 0.222. The Labute approximate surface area is 91.2 Å². The minimum absolute atomic E-state index is 0.409. The van der Waals surface area contributed by atoms with Crippen LogP contribution in [0.25, 0.3) is 0 Å². The van der Waals surface area contributed by atoms with Crippen LogP contribution in [0.1, 0.15) is 44.9 Å². The highest BCUT2D eigenvalue weighted by Crippen LogP contribution is 2.44. The SMILES string of the molecule is N#CC(C#N)=C1CCC[C@@H]2CCCC[C@@H]12.